The molecule has 11 heavy (non-hydrogen) atoms. The number of halogens is 1. The van der Waals surface area contributed by atoms with Gasteiger partial charge in [-0.15, -0.1) is 0 Å². The minimum Gasteiger partial charge on any atom is -0.550 e. The first kappa shape index (κ1) is 14.6. The Balaban J connectivity index is 0. The summed E-state index contributed by atoms with van der Waals surface area (Å²) < 4.78 is 12.4. The number of rotatable bonds is 5. The van der Waals surface area contributed by atoms with Crippen LogP contribution in [0, 0.1) is 0 Å². The van der Waals surface area contributed by atoms with Gasteiger partial charge in [0.05, 0.1) is 6.17 Å². The monoisotopic (exact) mass is 186 g/mol. The van der Waals surface area contributed by atoms with Crippen LogP contribution in [0.2, 0.25) is 0 Å². The molecule has 0 bridgehead atoms. The molecule has 0 aromatic heterocycles. The van der Waals surface area contributed by atoms with Crippen LogP contribution in [0.5, 0.6) is 0 Å². The molecule has 2 nitrogen and oxygen atoms in total. The average Bonchev–Trinajstić information content (AvgIpc) is 1.87. The standard InChI is InChI=1S/C7H13FO2.K/c1-2-6(8)4-3-5-7(9)10;/h6H,2-5H2,1H3,(H,9,10);/q;+1/p-1. The maximum absolute atomic E-state index is 12.4. The van der Waals surface area contributed by atoms with E-state index >= 15 is 0 Å². The summed E-state index contributed by atoms with van der Waals surface area (Å²) >= 11 is 0. The molecule has 0 aromatic carbocycles. The van der Waals surface area contributed by atoms with Gasteiger partial charge in [0, 0.05) is 5.97 Å². The second-order valence-corrected chi connectivity index (χ2v) is 2.27. The molecule has 0 radical (unpaired) electrons. The van der Waals surface area contributed by atoms with Crippen molar-refractivity contribution in [2.45, 2.75) is 38.8 Å². The van der Waals surface area contributed by atoms with Crippen molar-refractivity contribution in [1.82, 2.24) is 0 Å². The first-order valence-electron chi connectivity index (χ1n) is 3.50. The van der Waals surface area contributed by atoms with Gasteiger partial charge in [0.25, 0.3) is 0 Å². The van der Waals surface area contributed by atoms with E-state index in [1.807, 2.05) is 0 Å². The van der Waals surface area contributed by atoms with Crippen molar-refractivity contribution in [2.75, 3.05) is 0 Å². The van der Waals surface area contributed by atoms with Crippen LogP contribution in [0.4, 0.5) is 4.39 Å². The van der Waals surface area contributed by atoms with E-state index in [0.29, 0.717) is 19.3 Å². The minimum absolute atomic E-state index is 0. The van der Waals surface area contributed by atoms with Crippen LogP contribution in [0.1, 0.15) is 32.6 Å². The van der Waals surface area contributed by atoms with Crippen LogP contribution >= 0.6 is 0 Å². The molecule has 60 valence electrons. The summed E-state index contributed by atoms with van der Waals surface area (Å²) in [6.07, 6.45) is 0.314. The third kappa shape index (κ3) is 11.0. The Labute approximate surface area is 109 Å². The Hall–Kier alpha value is 1.04. The van der Waals surface area contributed by atoms with Gasteiger partial charge in [0.2, 0.25) is 0 Å². The van der Waals surface area contributed by atoms with Gasteiger partial charge < -0.3 is 9.90 Å². The molecule has 0 rings (SSSR count). The fraction of sp³-hybridized carbons (Fsp3) is 0.857. The summed E-state index contributed by atoms with van der Waals surface area (Å²) in [5.74, 6) is -1.09. The largest absolute Gasteiger partial charge is 1.00 e. The molecule has 0 amide bonds. The number of carboxylic acid groups (broad SMARTS) is 1. The van der Waals surface area contributed by atoms with Gasteiger partial charge in [0.1, 0.15) is 0 Å². The summed E-state index contributed by atoms with van der Waals surface area (Å²) in [4.78, 5) is 9.84. The minimum atomic E-state index is -1.09. The summed E-state index contributed by atoms with van der Waals surface area (Å²) in [6, 6.07) is 0. The summed E-state index contributed by atoms with van der Waals surface area (Å²) in [7, 11) is 0. The van der Waals surface area contributed by atoms with Crippen molar-refractivity contribution in [2.24, 2.45) is 0 Å². The zero-order chi connectivity index (χ0) is 7.98. The van der Waals surface area contributed by atoms with Gasteiger partial charge in [-0.05, 0) is 25.7 Å². The van der Waals surface area contributed by atoms with Gasteiger partial charge >= 0.3 is 51.4 Å². The fourth-order valence-electron chi connectivity index (χ4n) is 0.672. The molecule has 0 fully saturated rings. The molecule has 0 aromatic rings. The van der Waals surface area contributed by atoms with E-state index in [9.17, 15) is 14.3 Å². The first-order chi connectivity index (χ1) is 4.66. The first-order valence-corrected chi connectivity index (χ1v) is 3.50. The van der Waals surface area contributed by atoms with Crippen LogP contribution in [0.15, 0.2) is 0 Å². The Morgan fingerprint density at radius 1 is 1.64 bits per heavy atom. The zero-order valence-electron chi connectivity index (χ0n) is 7.10. The van der Waals surface area contributed by atoms with E-state index in [2.05, 4.69) is 0 Å². The van der Waals surface area contributed by atoms with E-state index in [1.165, 1.54) is 0 Å². The predicted molar refractivity (Wildman–Crippen MR) is 34.0 cm³/mol. The average molecular weight is 186 g/mol. The maximum atomic E-state index is 12.4. The van der Waals surface area contributed by atoms with Gasteiger partial charge in [-0.2, -0.15) is 0 Å². The molecule has 0 aliphatic carbocycles. The predicted octanol–water partition coefficient (Wildman–Crippen LogP) is -2.34. The van der Waals surface area contributed by atoms with Gasteiger partial charge in [0.15, 0.2) is 0 Å². The Morgan fingerprint density at radius 2 is 2.18 bits per heavy atom. The van der Waals surface area contributed by atoms with Crippen LogP contribution in [-0.4, -0.2) is 12.1 Å². The quantitative estimate of drug-likeness (QED) is 0.451. The van der Waals surface area contributed by atoms with Crippen LogP contribution < -0.4 is 56.5 Å². The summed E-state index contributed by atoms with van der Waals surface area (Å²) in [5.41, 5.74) is 0. The smallest absolute Gasteiger partial charge is 0.550 e. The number of alkyl halides is 1. The molecule has 0 saturated carbocycles. The molecule has 0 aliphatic heterocycles. The topological polar surface area (TPSA) is 40.1 Å². The third-order valence-corrected chi connectivity index (χ3v) is 1.34. The van der Waals surface area contributed by atoms with Crippen molar-refractivity contribution < 1.29 is 65.7 Å². The second kappa shape index (κ2) is 9.13. The molecule has 1 atom stereocenters. The van der Waals surface area contributed by atoms with Crippen LogP contribution in [0.25, 0.3) is 0 Å². The van der Waals surface area contributed by atoms with Gasteiger partial charge in [-0.1, -0.05) is 6.92 Å². The van der Waals surface area contributed by atoms with Crippen molar-refractivity contribution in [3.63, 3.8) is 0 Å². The van der Waals surface area contributed by atoms with Crippen molar-refractivity contribution in [3.05, 3.63) is 0 Å². The number of carboxylic acids is 1. The molecule has 0 saturated heterocycles. The summed E-state index contributed by atoms with van der Waals surface area (Å²) in [5, 5.41) is 9.84. The molecule has 4 heteroatoms. The number of hydrogen-bond acceptors (Lipinski definition) is 2. The van der Waals surface area contributed by atoms with E-state index in [4.69, 9.17) is 0 Å². The normalized spacial score (nSPS) is 11.8. The van der Waals surface area contributed by atoms with Crippen molar-refractivity contribution >= 4 is 5.97 Å². The second-order valence-electron chi connectivity index (χ2n) is 2.27. The maximum Gasteiger partial charge on any atom is 1.00 e. The fourth-order valence-corrected chi connectivity index (χ4v) is 0.672. The van der Waals surface area contributed by atoms with Crippen molar-refractivity contribution in [3.8, 4) is 0 Å². The van der Waals surface area contributed by atoms with E-state index < -0.39 is 12.1 Å². The molecule has 0 N–H and O–H groups in total. The van der Waals surface area contributed by atoms with E-state index in [0.717, 1.165) is 0 Å². The van der Waals surface area contributed by atoms with E-state index in [1.54, 1.807) is 6.92 Å². The molecular formula is C7H12FKO2. The number of carbonyl (C=O) groups excluding carboxylic acids is 1. The van der Waals surface area contributed by atoms with Crippen LogP contribution in [-0.2, 0) is 4.79 Å². The number of carbonyl (C=O) groups is 1. The van der Waals surface area contributed by atoms with Gasteiger partial charge in [-0.3, -0.25) is 0 Å². The molecule has 0 spiro atoms. The summed E-state index contributed by atoms with van der Waals surface area (Å²) in [6.45, 7) is 1.74. The zero-order valence-corrected chi connectivity index (χ0v) is 10.2. The van der Waals surface area contributed by atoms with E-state index in [-0.39, 0.29) is 57.8 Å². The molecule has 0 aliphatic rings. The van der Waals surface area contributed by atoms with Gasteiger partial charge in [-0.25, -0.2) is 4.39 Å². The molecule has 0 heterocycles. The Bertz CT molecular complexity index is 109. The SMILES string of the molecule is CCC(F)CCCC(=O)[O-].[K+]. The number of aliphatic carboxylic acids is 1. The Morgan fingerprint density at radius 3 is 2.55 bits per heavy atom. The number of hydrogen-bond donors (Lipinski definition) is 0. The Kier molecular flexibility index (Phi) is 12.1. The van der Waals surface area contributed by atoms with Crippen molar-refractivity contribution in [1.29, 1.82) is 0 Å². The van der Waals surface area contributed by atoms with Crippen LogP contribution in [0.3, 0.4) is 0 Å². The third-order valence-electron chi connectivity index (χ3n) is 1.34. The molecule has 1 unspecified atom stereocenters. The molecular weight excluding hydrogens is 174 g/mol.